The van der Waals surface area contributed by atoms with Gasteiger partial charge < -0.3 is 0 Å². The Morgan fingerprint density at radius 1 is 0.540 bits per heavy atom. The Kier molecular flexibility index (Phi) is 12.5. The van der Waals surface area contributed by atoms with E-state index >= 15 is 0 Å². The van der Waals surface area contributed by atoms with Crippen molar-refractivity contribution in [2.45, 2.75) is 113 Å². The van der Waals surface area contributed by atoms with Gasteiger partial charge in [0, 0.05) is 0 Å². The van der Waals surface area contributed by atoms with E-state index in [9.17, 15) is 0 Å². The zero-order valence-electron chi connectivity index (χ0n) is 32.3. The summed E-state index contributed by atoms with van der Waals surface area (Å²) in [5, 5.41) is 0. The molecule has 2 atom stereocenters. The van der Waals surface area contributed by atoms with Gasteiger partial charge in [-0.25, -0.2) is 0 Å². The summed E-state index contributed by atoms with van der Waals surface area (Å²) in [5.74, 6) is 0.321. The van der Waals surface area contributed by atoms with Crippen LogP contribution < -0.4 is 0 Å². The van der Waals surface area contributed by atoms with Gasteiger partial charge in [-0.2, -0.15) is 0 Å². The van der Waals surface area contributed by atoms with Gasteiger partial charge in [-0.05, 0) is 0 Å². The van der Waals surface area contributed by atoms with Gasteiger partial charge in [0.05, 0.1) is 0 Å². The fraction of sp³-hybridized carbons (Fsp3) is 0.417. The van der Waals surface area contributed by atoms with Crippen LogP contribution in [0.4, 0.5) is 0 Å². The van der Waals surface area contributed by atoms with Crippen LogP contribution in [0.5, 0.6) is 0 Å². The number of benzene rings is 4. The first-order chi connectivity index (χ1) is 24.2. The molecule has 6 rings (SSSR count). The Balaban J connectivity index is 1.51. The number of rotatable bonds is 15. The molecule has 2 unspecified atom stereocenters. The predicted octanol–water partition coefficient (Wildman–Crippen LogP) is 14.0. The average molecular weight is 845 g/mol. The second-order valence-corrected chi connectivity index (χ2v) is 44.2. The molecule has 0 bridgehead atoms. The summed E-state index contributed by atoms with van der Waals surface area (Å²) in [6.07, 6.45) is 15.3. The fourth-order valence-corrected chi connectivity index (χ4v) is 41.5. The Hall–Kier alpha value is -2.55. The molecule has 0 radical (unpaired) electrons. The van der Waals surface area contributed by atoms with E-state index in [0.29, 0.717) is 19.2 Å². The summed E-state index contributed by atoms with van der Waals surface area (Å²) in [7, 11) is 0. The number of allylic oxidation sites excluding steroid dienone is 2. The molecule has 0 amide bonds. The molecular formula is C48H61HfSi. The Morgan fingerprint density at radius 2 is 0.940 bits per heavy atom. The van der Waals surface area contributed by atoms with Gasteiger partial charge in [0.1, 0.15) is 0 Å². The third kappa shape index (κ3) is 7.78. The third-order valence-electron chi connectivity index (χ3n) is 11.1. The molecule has 0 fully saturated rings. The summed E-state index contributed by atoms with van der Waals surface area (Å²) in [6, 6.07) is 33.4. The van der Waals surface area contributed by atoms with Gasteiger partial charge in [0.25, 0.3) is 0 Å². The third-order valence-corrected chi connectivity index (χ3v) is 42.0. The van der Waals surface area contributed by atoms with Crippen molar-refractivity contribution in [2.24, 2.45) is 11.8 Å². The van der Waals surface area contributed by atoms with Crippen LogP contribution in [0.1, 0.15) is 121 Å². The first-order valence-electron chi connectivity index (χ1n) is 19.9. The maximum absolute atomic E-state index is 2.75. The monoisotopic (exact) mass is 845 g/mol. The van der Waals surface area contributed by atoms with Crippen LogP contribution in [-0.4, -0.2) is 5.98 Å². The predicted molar refractivity (Wildman–Crippen MR) is 220 cm³/mol. The van der Waals surface area contributed by atoms with Gasteiger partial charge >= 0.3 is 316 Å². The van der Waals surface area contributed by atoms with Crippen LogP contribution in [-0.2, 0) is 33.4 Å². The first kappa shape index (κ1) is 37.2. The summed E-state index contributed by atoms with van der Waals surface area (Å²) in [5.41, 5.74) is 19.0. The molecule has 4 aromatic rings. The molecule has 2 heteroatoms. The maximum atomic E-state index is 2.75. The van der Waals surface area contributed by atoms with E-state index in [-0.39, 0.29) is 0 Å². The number of fused-ring (bicyclic) bond motifs is 2. The second kappa shape index (κ2) is 16.9. The molecule has 0 saturated heterocycles. The van der Waals surface area contributed by atoms with E-state index < -0.39 is 26.6 Å². The summed E-state index contributed by atoms with van der Waals surface area (Å²) in [6.45, 7) is 19.7. The molecular weight excluding hydrogens is 783 g/mol. The Bertz CT molecular complexity index is 1710. The van der Waals surface area contributed by atoms with Crippen LogP contribution >= 0.6 is 0 Å². The van der Waals surface area contributed by atoms with E-state index in [1.165, 1.54) is 71.9 Å². The summed E-state index contributed by atoms with van der Waals surface area (Å²) < 4.78 is 1.39. The van der Waals surface area contributed by atoms with E-state index in [0.717, 1.165) is 12.8 Å². The van der Waals surface area contributed by atoms with Crippen molar-refractivity contribution in [2.75, 3.05) is 0 Å². The Labute approximate surface area is 313 Å². The first-order valence-corrected chi connectivity index (χ1v) is 33.2. The number of hydrogen-bond donors (Lipinski definition) is 0. The molecule has 0 nitrogen and oxygen atoms in total. The summed E-state index contributed by atoms with van der Waals surface area (Å²) in [4.78, 5) is 0. The normalized spacial score (nSPS) is 16.6. The molecule has 2 aliphatic rings. The molecule has 0 saturated carbocycles. The molecule has 4 aromatic carbocycles. The van der Waals surface area contributed by atoms with E-state index in [4.69, 9.17) is 0 Å². The van der Waals surface area contributed by atoms with Gasteiger partial charge in [0.2, 0.25) is 0 Å². The standard InChI is InChI=1S/2C23H27.C2H7Si.Hf/c2*1-4-5-9-18-15-20-11-8-13-22(23(20)16-18)21-12-7-6-10-19(21)14-17(2)3;1-3-2;/h2*6-8,10-13,15-17H,4-5,9,14H2,1-3H3;3H,1-2H3;. The van der Waals surface area contributed by atoms with Crippen molar-refractivity contribution < 1.29 is 20.6 Å². The molecule has 0 aromatic heterocycles. The van der Waals surface area contributed by atoms with Crippen LogP contribution in [0, 0.1) is 11.8 Å². The van der Waals surface area contributed by atoms with Crippen molar-refractivity contribution in [3.05, 3.63) is 129 Å². The molecule has 0 N–H and O–H groups in total. The second-order valence-electron chi connectivity index (χ2n) is 16.3. The van der Waals surface area contributed by atoms with Crippen LogP contribution in [0.25, 0.3) is 34.4 Å². The SMILES string of the molecule is CCCCC1=Cc2c(-c3ccccc3CC(C)C)cccc2[CH]1[Hf]([CH]1C(CCCC)=Cc2c(-c3ccccc3CC(C)C)cccc21)[SiH](C)C. The molecule has 2 aliphatic carbocycles. The number of hydrogen-bond acceptors (Lipinski definition) is 0. The van der Waals surface area contributed by atoms with Crippen molar-refractivity contribution >= 4 is 18.1 Å². The average Bonchev–Trinajstić information content (AvgIpc) is 3.65. The molecule has 50 heavy (non-hydrogen) atoms. The summed E-state index contributed by atoms with van der Waals surface area (Å²) >= 11 is -2.46. The van der Waals surface area contributed by atoms with Gasteiger partial charge in [0.15, 0.2) is 0 Å². The minimum atomic E-state index is -2.46. The fourth-order valence-electron chi connectivity index (χ4n) is 9.02. The van der Waals surface area contributed by atoms with Crippen molar-refractivity contribution in [3.8, 4) is 22.3 Å². The van der Waals surface area contributed by atoms with Crippen molar-refractivity contribution in [3.63, 3.8) is 0 Å². The van der Waals surface area contributed by atoms with E-state index in [2.05, 4.69) is 152 Å². The van der Waals surface area contributed by atoms with Crippen molar-refractivity contribution in [1.29, 1.82) is 0 Å². The zero-order chi connectivity index (χ0) is 35.4. The minimum absolute atomic E-state index is 0.641. The molecule has 0 aliphatic heterocycles. The van der Waals surface area contributed by atoms with Gasteiger partial charge in [-0.1, -0.05) is 0 Å². The van der Waals surface area contributed by atoms with E-state index in [1.54, 1.807) is 33.4 Å². The Morgan fingerprint density at radius 3 is 1.32 bits per heavy atom. The van der Waals surface area contributed by atoms with Crippen LogP contribution in [0.2, 0.25) is 13.1 Å². The molecule has 0 heterocycles. The van der Waals surface area contributed by atoms with Crippen molar-refractivity contribution in [1.82, 2.24) is 0 Å². The quantitative estimate of drug-likeness (QED) is 0.105. The van der Waals surface area contributed by atoms with Crippen LogP contribution in [0.15, 0.2) is 96.1 Å². The molecule has 261 valence electrons. The number of unbranched alkanes of at least 4 members (excludes halogenated alkanes) is 2. The van der Waals surface area contributed by atoms with E-state index in [1.807, 2.05) is 0 Å². The van der Waals surface area contributed by atoms with Gasteiger partial charge in [-0.3, -0.25) is 0 Å². The zero-order valence-corrected chi connectivity index (χ0v) is 37.0. The molecule has 0 spiro atoms. The van der Waals surface area contributed by atoms with Gasteiger partial charge in [-0.15, -0.1) is 0 Å². The van der Waals surface area contributed by atoms with Crippen LogP contribution in [0.3, 0.4) is 0 Å². The topological polar surface area (TPSA) is 0 Å².